The van der Waals surface area contributed by atoms with Crippen molar-refractivity contribution in [2.75, 3.05) is 12.4 Å². The largest absolute Gasteiger partial charge is 0.507 e. The SMILES string of the molecule is COc1cc(-c2nnc(NC(=O)O)n2-c2cccc(C(C)C)c2)c(O)cc1O. The fourth-order valence-corrected chi connectivity index (χ4v) is 2.80. The Labute approximate surface area is 160 Å². The standard InChI is InChI=1S/C19H20N4O5/c1-10(2)11-5-4-6-12(7-11)23-17(21-22-18(23)20-19(26)27)13-8-16(28-3)15(25)9-14(13)24/h4-10,24-25H,1-3H3,(H,20,22)(H,26,27). The van der Waals surface area contributed by atoms with Crippen LogP contribution in [0.3, 0.4) is 0 Å². The van der Waals surface area contributed by atoms with Gasteiger partial charge in [0.2, 0.25) is 5.95 Å². The number of nitrogens with one attached hydrogen (secondary N) is 1. The Hall–Kier alpha value is -3.75. The van der Waals surface area contributed by atoms with Crippen molar-refractivity contribution in [3.63, 3.8) is 0 Å². The van der Waals surface area contributed by atoms with Crippen molar-refractivity contribution in [3.05, 3.63) is 42.0 Å². The van der Waals surface area contributed by atoms with Crippen LogP contribution in [0.5, 0.6) is 17.2 Å². The number of methoxy groups -OCH3 is 1. The van der Waals surface area contributed by atoms with Crippen LogP contribution in [-0.4, -0.2) is 43.3 Å². The highest BCUT2D eigenvalue weighted by molar-refractivity contribution is 5.82. The molecule has 9 nitrogen and oxygen atoms in total. The third-order valence-corrected chi connectivity index (χ3v) is 4.21. The van der Waals surface area contributed by atoms with Gasteiger partial charge in [-0.25, -0.2) is 4.79 Å². The van der Waals surface area contributed by atoms with Gasteiger partial charge in [-0.05, 0) is 29.7 Å². The van der Waals surface area contributed by atoms with E-state index in [0.717, 1.165) is 11.6 Å². The molecule has 4 N–H and O–H groups in total. The summed E-state index contributed by atoms with van der Waals surface area (Å²) >= 11 is 0. The zero-order valence-corrected chi connectivity index (χ0v) is 15.5. The summed E-state index contributed by atoms with van der Waals surface area (Å²) in [6.07, 6.45) is -1.30. The molecule has 1 aromatic heterocycles. The highest BCUT2D eigenvalue weighted by Crippen LogP contribution is 2.39. The number of amides is 1. The van der Waals surface area contributed by atoms with Gasteiger partial charge < -0.3 is 20.1 Å². The topological polar surface area (TPSA) is 130 Å². The van der Waals surface area contributed by atoms with E-state index in [4.69, 9.17) is 9.84 Å². The Morgan fingerprint density at radius 3 is 2.54 bits per heavy atom. The lowest BCUT2D eigenvalue weighted by Gasteiger charge is -2.14. The predicted molar refractivity (Wildman–Crippen MR) is 102 cm³/mol. The first-order valence-electron chi connectivity index (χ1n) is 8.47. The van der Waals surface area contributed by atoms with Gasteiger partial charge in [0.1, 0.15) is 5.75 Å². The number of ether oxygens (including phenoxy) is 1. The summed E-state index contributed by atoms with van der Waals surface area (Å²) in [5.41, 5.74) is 1.86. The highest BCUT2D eigenvalue weighted by Gasteiger charge is 2.22. The van der Waals surface area contributed by atoms with Gasteiger partial charge >= 0.3 is 6.09 Å². The molecule has 1 heterocycles. The second kappa shape index (κ2) is 7.47. The zero-order valence-electron chi connectivity index (χ0n) is 15.5. The normalized spacial score (nSPS) is 10.9. The van der Waals surface area contributed by atoms with Crippen molar-refractivity contribution < 1.29 is 24.9 Å². The second-order valence-corrected chi connectivity index (χ2v) is 6.40. The molecule has 0 unspecified atom stereocenters. The Morgan fingerprint density at radius 2 is 1.89 bits per heavy atom. The van der Waals surface area contributed by atoms with E-state index in [9.17, 15) is 15.0 Å². The Kier molecular flexibility index (Phi) is 5.08. The number of benzene rings is 2. The van der Waals surface area contributed by atoms with Gasteiger partial charge in [-0.3, -0.25) is 9.88 Å². The minimum atomic E-state index is -1.30. The molecule has 0 atom stereocenters. The minimum absolute atomic E-state index is 0.0325. The molecule has 28 heavy (non-hydrogen) atoms. The molecule has 0 saturated heterocycles. The van der Waals surface area contributed by atoms with Crippen molar-refractivity contribution in [1.82, 2.24) is 14.8 Å². The molecule has 1 amide bonds. The lowest BCUT2D eigenvalue weighted by molar-refractivity contribution is 0.209. The molecule has 0 fully saturated rings. The van der Waals surface area contributed by atoms with Gasteiger partial charge in [0.25, 0.3) is 0 Å². The summed E-state index contributed by atoms with van der Waals surface area (Å²) in [7, 11) is 1.38. The van der Waals surface area contributed by atoms with Crippen molar-refractivity contribution in [2.24, 2.45) is 0 Å². The molecule has 0 aliphatic rings. The molecule has 0 saturated carbocycles. The highest BCUT2D eigenvalue weighted by atomic mass is 16.5. The van der Waals surface area contributed by atoms with E-state index in [0.29, 0.717) is 5.69 Å². The van der Waals surface area contributed by atoms with Crippen LogP contribution >= 0.6 is 0 Å². The Balaban J connectivity index is 2.26. The molecule has 0 radical (unpaired) electrons. The molecule has 0 aliphatic heterocycles. The van der Waals surface area contributed by atoms with Crippen LogP contribution in [0.15, 0.2) is 36.4 Å². The van der Waals surface area contributed by atoms with Crippen molar-refractivity contribution in [2.45, 2.75) is 19.8 Å². The van der Waals surface area contributed by atoms with Crippen LogP contribution < -0.4 is 10.1 Å². The van der Waals surface area contributed by atoms with E-state index >= 15 is 0 Å². The third kappa shape index (κ3) is 3.54. The molecule has 0 spiro atoms. The fraction of sp³-hybridized carbons (Fsp3) is 0.211. The molecular formula is C19H20N4O5. The second-order valence-electron chi connectivity index (χ2n) is 6.40. The first-order chi connectivity index (χ1) is 13.3. The number of rotatable bonds is 5. The maximum atomic E-state index is 11.2. The van der Waals surface area contributed by atoms with Crippen LogP contribution in [0, 0.1) is 0 Å². The molecule has 146 valence electrons. The average Bonchev–Trinajstić information content (AvgIpc) is 3.04. The molecule has 2 aromatic carbocycles. The lowest BCUT2D eigenvalue weighted by atomic mass is 10.0. The van der Waals surface area contributed by atoms with E-state index in [1.807, 2.05) is 32.0 Å². The summed E-state index contributed by atoms with van der Waals surface area (Å²) in [6.45, 7) is 4.08. The van der Waals surface area contributed by atoms with E-state index in [2.05, 4.69) is 15.5 Å². The average molecular weight is 384 g/mol. The van der Waals surface area contributed by atoms with Crippen molar-refractivity contribution in [3.8, 4) is 34.3 Å². The van der Waals surface area contributed by atoms with Gasteiger partial charge in [-0.15, -0.1) is 10.2 Å². The van der Waals surface area contributed by atoms with Gasteiger partial charge in [0.15, 0.2) is 17.3 Å². The predicted octanol–water partition coefficient (Wildman–Crippen LogP) is 3.57. The maximum absolute atomic E-state index is 11.2. The zero-order chi connectivity index (χ0) is 20.4. The number of phenolic OH excluding ortho intramolecular Hbond substituents is 2. The third-order valence-electron chi connectivity index (χ3n) is 4.21. The number of phenols is 2. The number of carbonyl (C=O) groups is 1. The van der Waals surface area contributed by atoms with E-state index in [1.54, 1.807) is 6.07 Å². The van der Waals surface area contributed by atoms with Gasteiger partial charge in [-0.2, -0.15) is 0 Å². The molecule has 3 aromatic rings. The van der Waals surface area contributed by atoms with E-state index in [-0.39, 0.29) is 40.5 Å². The number of nitrogens with zero attached hydrogens (tertiary/aromatic N) is 3. The summed E-state index contributed by atoms with van der Waals surface area (Å²) in [5.74, 6) is 0.0357. The number of hydrogen-bond acceptors (Lipinski definition) is 6. The molecule has 0 bridgehead atoms. The molecular weight excluding hydrogens is 364 g/mol. The van der Waals surface area contributed by atoms with Gasteiger partial charge in [0.05, 0.1) is 18.4 Å². The summed E-state index contributed by atoms with van der Waals surface area (Å²) in [6, 6.07) is 10.0. The fourth-order valence-electron chi connectivity index (χ4n) is 2.80. The van der Waals surface area contributed by atoms with Crippen molar-refractivity contribution >= 4 is 12.0 Å². The number of aromatic hydroxyl groups is 2. The number of anilines is 1. The monoisotopic (exact) mass is 384 g/mol. The quantitative estimate of drug-likeness (QED) is 0.529. The van der Waals surface area contributed by atoms with Crippen LogP contribution in [0.25, 0.3) is 17.1 Å². The van der Waals surface area contributed by atoms with Crippen LogP contribution in [0.4, 0.5) is 10.7 Å². The van der Waals surface area contributed by atoms with Crippen LogP contribution in [0.2, 0.25) is 0 Å². The van der Waals surface area contributed by atoms with Gasteiger partial charge in [0, 0.05) is 6.07 Å². The first kappa shape index (κ1) is 19.0. The van der Waals surface area contributed by atoms with Crippen LogP contribution in [-0.2, 0) is 0 Å². The summed E-state index contributed by atoms with van der Waals surface area (Å²) in [4.78, 5) is 11.2. The Morgan fingerprint density at radius 1 is 1.14 bits per heavy atom. The van der Waals surface area contributed by atoms with Gasteiger partial charge in [-0.1, -0.05) is 26.0 Å². The summed E-state index contributed by atoms with van der Waals surface area (Å²) in [5, 5.41) is 39.5. The van der Waals surface area contributed by atoms with E-state index < -0.39 is 6.09 Å². The van der Waals surface area contributed by atoms with E-state index in [1.165, 1.54) is 17.7 Å². The number of carboxylic acid groups (broad SMARTS) is 1. The lowest BCUT2D eigenvalue weighted by Crippen LogP contribution is -2.13. The Bertz CT molecular complexity index is 1030. The minimum Gasteiger partial charge on any atom is -0.507 e. The molecule has 0 aliphatic carbocycles. The smallest absolute Gasteiger partial charge is 0.411 e. The molecule has 9 heteroatoms. The van der Waals surface area contributed by atoms with Crippen LogP contribution in [0.1, 0.15) is 25.3 Å². The maximum Gasteiger partial charge on any atom is 0.411 e. The molecule has 3 rings (SSSR count). The van der Waals surface area contributed by atoms with Crippen molar-refractivity contribution in [1.29, 1.82) is 0 Å². The summed E-state index contributed by atoms with van der Waals surface area (Å²) < 4.78 is 6.58. The number of hydrogen-bond donors (Lipinski definition) is 4. The first-order valence-corrected chi connectivity index (χ1v) is 8.47. The number of aromatic nitrogens is 3.